The number of nitrogens with one attached hydrogen (secondary N) is 1. The van der Waals surface area contributed by atoms with Crippen molar-refractivity contribution < 1.29 is 4.79 Å². The van der Waals surface area contributed by atoms with E-state index in [2.05, 4.69) is 41.4 Å². The minimum Gasteiger partial charge on any atom is -0.298 e. The molecule has 7 heteroatoms. The van der Waals surface area contributed by atoms with Gasteiger partial charge in [-0.15, -0.1) is 34.4 Å². The van der Waals surface area contributed by atoms with Crippen LogP contribution in [0.1, 0.15) is 47.5 Å². The van der Waals surface area contributed by atoms with E-state index in [9.17, 15) is 4.79 Å². The zero-order valence-electron chi connectivity index (χ0n) is 15.2. The van der Waals surface area contributed by atoms with Gasteiger partial charge in [0.25, 0.3) is 5.91 Å². The molecule has 0 saturated heterocycles. The topological polar surface area (TPSA) is 54.9 Å². The third-order valence-electron chi connectivity index (χ3n) is 3.66. The highest BCUT2D eigenvalue weighted by Gasteiger charge is 2.18. The Morgan fingerprint density at radius 2 is 1.85 bits per heavy atom. The predicted octanol–water partition coefficient (Wildman–Crippen LogP) is 5.75. The fourth-order valence-electron chi connectivity index (χ4n) is 2.18. The molecule has 2 heterocycles. The second-order valence-electron chi connectivity index (χ2n) is 6.91. The molecule has 0 radical (unpaired) electrons. The Bertz CT molecular complexity index is 891. The van der Waals surface area contributed by atoms with Crippen LogP contribution in [0.3, 0.4) is 0 Å². The number of carbonyl (C=O) groups is 1. The molecule has 136 valence electrons. The van der Waals surface area contributed by atoms with Crippen molar-refractivity contribution in [1.29, 1.82) is 0 Å². The number of hydrogen-bond acceptors (Lipinski definition) is 6. The quantitative estimate of drug-likeness (QED) is 0.551. The summed E-state index contributed by atoms with van der Waals surface area (Å²) in [6.45, 7) is 8.34. The van der Waals surface area contributed by atoms with Crippen molar-refractivity contribution in [3.8, 4) is 0 Å². The van der Waals surface area contributed by atoms with Crippen LogP contribution < -0.4 is 5.32 Å². The average Bonchev–Trinajstić information content (AvgIpc) is 3.22. The third-order valence-corrected chi connectivity index (χ3v) is 6.29. The number of anilines is 1. The maximum atomic E-state index is 12.4. The number of aryl methyl sites for hydroxylation is 1. The third kappa shape index (κ3) is 4.93. The normalized spacial score (nSPS) is 11.5. The lowest BCUT2D eigenvalue weighted by Crippen LogP contribution is -2.14. The molecule has 4 nitrogen and oxygen atoms in total. The lowest BCUT2D eigenvalue weighted by molar-refractivity contribution is 0.102. The van der Waals surface area contributed by atoms with Crippen LogP contribution in [-0.2, 0) is 11.2 Å². The summed E-state index contributed by atoms with van der Waals surface area (Å²) in [6, 6.07) is 7.65. The molecular formula is C19H21N3OS3. The number of aromatic nitrogens is 2. The van der Waals surface area contributed by atoms with Crippen LogP contribution in [-0.4, -0.2) is 15.9 Å². The Labute approximate surface area is 166 Å². The monoisotopic (exact) mass is 403 g/mol. The van der Waals surface area contributed by atoms with E-state index >= 15 is 0 Å². The maximum Gasteiger partial charge on any atom is 0.257 e. The highest BCUT2D eigenvalue weighted by molar-refractivity contribution is 7.98. The molecule has 0 fully saturated rings. The Balaban J connectivity index is 1.59. The molecular weight excluding hydrogens is 382 g/mol. The second kappa shape index (κ2) is 7.90. The fraction of sp³-hybridized carbons (Fsp3) is 0.316. The summed E-state index contributed by atoms with van der Waals surface area (Å²) in [5.74, 6) is 0.705. The Kier molecular flexibility index (Phi) is 5.79. The zero-order chi connectivity index (χ0) is 18.7. The highest BCUT2D eigenvalue weighted by Crippen LogP contribution is 2.27. The Morgan fingerprint density at radius 1 is 1.12 bits per heavy atom. The van der Waals surface area contributed by atoms with E-state index in [0.29, 0.717) is 10.7 Å². The first-order chi connectivity index (χ1) is 12.3. The van der Waals surface area contributed by atoms with Gasteiger partial charge in [-0.25, -0.2) is 9.97 Å². The van der Waals surface area contributed by atoms with Crippen molar-refractivity contribution in [2.75, 3.05) is 5.32 Å². The molecule has 0 spiro atoms. The van der Waals surface area contributed by atoms with Crippen LogP contribution in [0.5, 0.6) is 0 Å². The van der Waals surface area contributed by atoms with E-state index in [1.807, 2.05) is 36.6 Å². The molecule has 3 aromatic rings. The van der Waals surface area contributed by atoms with Crippen molar-refractivity contribution >= 4 is 45.5 Å². The number of benzene rings is 1. The molecule has 0 aliphatic rings. The number of hydrogen-bond donors (Lipinski definition) is 1. The summed E-state index contributed by atoms with van der Waals surface area (Å²) in [5, 5.41) is 8.69. The summed E-state index contributed by atoms with van der Waals surface area (Å²) in [4.78, 5) is 22.5. The summed E-state index contributed by atoms with van der Waals surface area (Å²) >= 11 is 4.84. The van der Waals surface area contributed by atoms with E-state index in [4.69, 9.17) is 0 Å². The van der Waals surface area contributed by atoms with E-state index in [1.54, 1.807) is 23.1 Å². The van der Waals surface area contributed by atoms with Gasteiger partial charge in [-0.1, -0.05) is 20.8 Å². The Morgan fingerprint density at radius 3 is 2.42 bits per heavy atom. The van der Waals surface area contributed by atoms with Gasteiger partial charge >= 0.3 is 0 Å². The summed E-state index contributed by atoms with van der Waals surface area (Å²) < 4.78 is 0. The van der Waals surface area contributed by atoms with Gasteiger partial charge in [0.1, 0.15) is 0 Å². The van der Waals surface area contributed by atoms with Crippen molar-refractivity contribution in [1.82, 2.24) is 9.97 Å². The number of thiazole rings is 2. The lowest BCUT2D eigenvalue weighted by atomic mass is 9.93. The van der Waals surface area contributed by atoms with Gasteiger partial charge in [-0.3, -0.25) is 10.1 Å². The largest absolute Gasteiger partial charge is 0.298 e. The van der Waals surface area contributed by atoms with Crippen LogP contribution in [0, 0.1) is 6.92 Å². The van der Waals surface area contributed by atoms with Crippen LogP contribution in [0.25, 0.3) is 0 Å². The predicted molar refractivity (Wildman–Crippen MR) is 112 cm³/mol. The van der Waals surface area contributed by atoms with Gasteiger partial charge in [0.05, 0.1) is 16.4 Å². The molecule has 1 amide bonds. The summed E-state index contributed by atoms with van der Waals surface area (Å²) in [7, 11) is 0. The Hall–Kier alpha value is -1.70. The minimum absolute atomic E-state index is 0.0196. The van der Waals surface area contributed by atoms with Crippen molar-refractivity contribution in [3.63, 3.8) is 0 Å². The van der Waals surface area contributed by atoms with E-state index in [-0.39, 0.29) is 11.3 Å². The van der Waals surface area contributed by atoms with E-state index < -0.39 is 0 Å². The zero-order valence-corrected chi connectivity index (χ0v) is 17.6. The van der Waals surface area contributed by atoms with Gasteiger partial charge in [-0.2, -0.15) is 0 Å². The van der Waals surface area contributed by atoms with Crippen LogP contribution in [0.4, 0.5) is 5.13 Å². The molecule has 1 aromatic carbocycles. The number of thioether (sulfide) groups is 1. The molecule has 0 bridgehead atoms. The first kappa shape index (κ1) is 19.1. The molecule has 2 aromatic heterocycles. The van der Waals surface area contributed by atoms with Crippen LogP contribution in [0.2, 0.25) is 0 Å². The molecule has 26 heavy (non-hydrogen) atoms. The van der Waals surface area contributed by atoms with Gasteiger partial charge in [-0.05, 0) is 31.2 Å². The second-order valence-corrected chi connectivity index (χ2v) is 9.88. The molecule has 3 rings (SSSR count). The lowest BCUT2D eigenvalue weighted by Gasteiger charge is -2.14. The van der Waals surface area contributed by atoms with Gasteiger partial charge in [0, 0.05) is 32.4 Å². The number of rotatable bonds is 5. The number of carbonyl (C=O) groups excluding carboxylic acids is 1. The molecule has 0 aliphatic heterocycles. The highest BCUT2D eigenvalue weighted by atomic mass is 32.2. The first-order valence-electron chi connectivity index (χ1n) is 8.22. The first-order valence-corrected chi connectivity index (χ1v) is 11.0. The van der Waals surface area contributed by atoms with Crippen LogP contribution in [0.15, 0.2) is 39.9 Å². The SMILES string of the molecule is Cc1nc(CSc2ccc(C(=O)Nc3nc(C(C)(C)C)cs3)cc2)cs1. The van der Waals surface area contributed by atoms with Gasteiger partial charge in [0.15, 0.2) is 5.13 Å². The molecule has 0 unspecified atom stereocenters. The molecule has 0 saturated carbocycles. The fourth-order valence-corrected chi connectivity index (χ4v) is 4.62. The number of amides is 1. The molecule has 0 atom stereocenters. The van der Waals surface area contributed by atoms with Crippen LogP contribution >= 0.6 is 34.4 Å². The van der Waals surface area contributed by atoms with Gasteiger partial charge in [0.2, 0.25) is 0 Å². The van der Waals surface area contributed by atoms with Crippen molar-refractivity contribution in [3.05, 3.63) is 57.0 Å². The summed E-state index contributed by atoms with van der Waals surface area (Å²) in [6.07, 6.45) is 0. The smallest absolute Gasteiger partial charge is 0.257 e. The van der Waals surface area contributed by atoms with E-state index in [1.165, 1.54) is 11.3 Å². The standard InChI is InChI=1S/C19H21N3OS3/c1-12-20-14(9-24-12)10-25-15-7-5-13(6-8-15)17(23)22-18-21-16(11-26-18)19(2,3)4/h5-9,11H,10H2,1-4H3,(H,21,22,23). The maximum absolute atomic E-state index is 12.4. The van der Waals surface area contributed by atoms with E-state index in [0.717, 1.165) is 27.0 Å². The van der Waals surface area contributed by atoms with Crippen molar-refractivity contribution in [2.45, 2.75) is 43.8 Å². The average molecular weight is 404 g/mol. The molecule has 1 N–H and O–H groups in total. The minimum atomic E-state index is -0.133. The molecule has 0 aliphatic carbocycles. The van der Waals surface area contributed by atoms with Gasteiger partial charge < -0.3 is 0 Å². The van der Waals surface area contributed by atoms with Crippen molar-refractivity contribution in [2.24, 2.45) is 0 Å². The summed E-state index contributed by atoms with van der Waals surface area (Å²) in [5.41, 5.74) is 2.69. The number of nitrogens with zero attached hydrogens (tertiary/aromatic N) is 2.